The summed E-state index contributed by atoms with van der Waals surface area (Å²) in [6.07, 6.45) is 0.874. The Morgan fingerprint density at radius 3 is 2.56 bits per heavy atom. The van der Waals surface area contributed by atoms with Crippen molar-refractivity contribution >= 4 is 17.5 Å². The van der Waals surface area contributed by atoms with Crippen molar-refractivity contribution in [2.75, 3.05) is 31.6 Å². The van der Waals surface area contributed by atoms with Gasteiger partial charge in [-0.25, -0.2) is 0 Å². The number of hydrogen-bond donors (Lipinski definition) is 2. The summed E-state index contributed by atoms with van der Waals surface area (Å²) < 4.78 is 0. The first-order valence-electron chi connectivity index (χ1n) is 6.01. The predicted molar refractivity (Wildman–Crippen MR) is 69.4 cm³/mol. The highest BCUT2D eigenvalue weighted by molar-refractivity contribution is 6.02. The van der Waals surface area contributed by atoms with E-state index in [1.807, 2.05) is 36.2 Å². The molecular weight excluding hydrogens is 230 g/mol. The van der Waals surface area contributed by atoms with E-state index in [1.165, 1.54) is 0 Å². The minimum Gasteiger partial charge on any atom is -0.353 e. The maximum Gasteiger partial charge on any atom is 0.246 e. The van der Waals surface area contributed by atoms with E-state index in [1.54, 1.807) is 0 Å². The molecule has 1 aliphatic rings. The number of nitrogens with zero attached hydrogens (tertiary/aromatic N) is 1. The molecule has 96 valence electrons. The second kappa shape index (κ2) is 5.64. The second-order valence-electron chi connectivity index (χ2n) is 4.31. The Labute approximate surface area is 106 Å². The smallest absolute Gasteiger partial charge is 0.246 e. The van der Waals surface area contributed by atoms with Crippen molar-refractivity contribution in [1.29, 1.82) is 0 Å². The molecule has 0 aromatic heterocycles. The number of carbonyl (C=O) groups excluding carboxylic acids is 2. The predicted octanol–water partition coefficient (Wildman–Crippen LogP) is -0.0887. The molecule has 1 fully saturated rings. The molecule has 0 spiro atoms. The highest BCUT2D eigenvalue weighted by atomic mass is 16.2. The molecule has 5 nitrogen and oxygen atoms in total. The normalized spacial score (nSPS) is 15.7. The molecule has 0 unspecified atom stereocenters. The lowest BCUT2D eigenvalue weighted by Crippen LogP contribution is -2.51. The maximum absolute atomic E-state index is 11.4. The average molecular weight is 247 g/mol. The Morgan fingerprint density at radius 1 is 1.22 bits per heavy atom. The second-order valence-corrected chi connectivity index (χ2v) is 4.31. The minimum atomic E-state index is -0.241. The Balaban J connectivity index is 2.20. The lowest BCUT2D eigenvalue weighted by Gasteiger charge is -2.29. The van der Waals surface area contributed by atoms with Gasteiger partial charge in [0.2, 0.25) is 11.8 Å². The van der Waals surface area contributed by atoms with Crippen LogP contribution in [0, 0.1) is 0 Å². The molecule has 0 radical (unpaired) electrons. The third-order valence-electron chi connectivity index (χ3n) is 2.92. The number of nitrogens with one attached hydrogen (secondary N) is 2. The third kappa shape index (κ3) is 2.87. The first-order valence-corrected chi connectivity index (χ1v) is 6.01. The van der Waals surface area contributed by atoms with Gasteiger partial charge in [0.1, 0.15) is 0 Å². The summed E-state index contributed by atoms with van der Waals surface area (Å²) in [4.78, 5) is 24.6. The Kier molecular flexibility index (Phi) is 3.94. The lowest BCUT2D eigenvalue weighted by molar-refractivity contribution is -0.130. The summed E-state index contributed by atoms with van der Waals surface area (Å²) in [5.74, 6) is -0.482. The van der Waals surface area contributed by atoms with E-state index in [9.17, 15) is 9.59 Å². The number of rotatable bonds is 4. The first kappa shape index (κ1) is 12.6. The number of benzene rings is 1. The van der Waals surface area contributed by atoms with Gasteiger partial charge < -0.3 is 10.2 Å². The number of amides is 2. The van der Waals surface area contributed by atoms with Crippen LogP contribution in [0.25, 0.3) is 0 Å². The molecule has 18 heavy (non-hydrogen) atoms. The molecule has 1 heterocycles. The van der Waals surface area contributed by atoms with Crippen LogP contribution in [0.4, 0.5) is 5.69 Å². The number of hydrogen-bond acceptors (Lipinski definition) is 4. The van der Waals surface area contributed by atoms with Crippen LogP contribution in [0.5, 0.6) is 0 Å². The van der Waals surface area contributed by atoms with E-state index >= 15 is 0 Å². The first-order chi connectivity index (χ1) is 8.70. The highest BCUT2D eigenvalue weighted by Gasteiger charge is 2.23. The largest absolute Gasteiger partial charge is 0.353 e. The molecule has 0 bridgehead atoms. The summed E-state index contributed by atoms with van der Waals surface area (Å²) in [6.45, 7) is 1.34. The van der Waals surface area contributed by atoms with Gasteiger partial charge in [-0.15, -0.1) is 0 Å². The summed E-state index contributed by atoms with van der Waals surface area (Å²) in [6, 6.07) is 7.88. The molecular formula is C13H17N3O2. The molecule has 0 saturated carbocycles. The van der Waals surface area contributed by atoms with Gasteiger partial charge in [-0.3, -0.25) is 14.9 Å². The Morgan fingerprint density at radius 2 is 1.89 bits per heavy atom. The van der Waals surface area contributed by atoms with Gasteiger partial charge in [0.05, 0.1) is 13.1 Å². The zero-order valence-corrected chi connectivity index (χ0v) is 10.4. The van der Waals surface area contributed by atoms with Gasteiger partial charge in [0.25, 0.3) is 0 Å². The summed E-state index contributed by atoms with van der Waals surface area (Å²) in [7, 11) is 1.90. The maximum atomic E-state index is 11.4. The van der Waals surface area contributed by atoms with Gasteiger partial charge in [-0.2, -0.15) is 0 Å². The van der Waals surface area contributed by atoms with Crippen molar-refractivity contribution in [3.05, 3.63) is 29.8 Å². The highest BCUT2D eigenvalue weighted by Crippen LogP contribution is 2.21. The van der Waals surface area contributed by atoms with Crippen molar-refractivity contribution < 1.29 is 9.59 Å². The van der Waals surface area contributed by atoms with Crippen LogP contribution in [0.3, 0.4) is 0 Å². The number of carbonyl (C=O) groups is 2. The zero-order chi connectivity index (χ0) is 13.0. The van der Waals surface area contributed by atoms with Crippen molar-refractivity contribution in [3.63, 3.8) is 0 Å². The lowest BCUT2D eigenvalue weighted by atomic mass is 10.1. The van der Waals surface area contributed by atoms with Crippen LogP contribution < -0.4 is 15.5 Å². The van der Waals surface area contributed by atoms with E-state index in [0.29, 0.717) is 0 Å². The van der Waals surface area contributed by atoms with Crippen LogP contribution in [-0.4, -0.2) is 38.5 Å². The van der Waals surface area contributed by atoms with Crippen molar-refractivity contribution in [2.45, 2.75) is 6.42 Å². The van der Waals surface area contributed by atoms with Gasteiger partial charge >= 0.3 is 0 Å². The van der Waals surface area contributed by atoms with Gasteiger partial charge in [0.15, 0.2) is 0 Å². The topological polar surface area (TPSA) is 61.4 Å². The minimum absolute atomic E-state index is 0.238. The molecule has 1 saturated heterocycles. The van der Waals surface area contributed by atoms with Crippen LogP contribution in [0.2, 0.25) is 0 Å². The number of likely N-dealkylation sites (N-methyl/N-ethyl adjacent to an activating group) is 1. The summed E-state index contributed by atoms with van der Waals surface area (Å²) >= 11 is 0. The van der Waals surface area contributed by atoms with Crippen LogP contribution in [0.15, 0.2) is 24.3 Å². The molecule has 2 N–H and O–H groups in total. The van der Waals surface area contributed by atoms with E-state index in [2.05, 4.69) is 10.6 Å². The summed E-state index contributed by atoms with van der Waals surface area (Å²) in [5, 5.41) is 5.41. The van der Waals surface area contributed by atoms with Gasteiger partial charge in [-0.05, 0) is 31.6 Å². The number of anilines is 1. The fourth-order valence-electron chi connectivity index (χ4n) is 2.10. The molecule has 0 aliphatic carbocycles. The number of para-hydroxylation sites is 1. The average Bonchev–Trinajstić information content (AvgIpc) is 2.35. The van der Waals surface area contributed by atoms with Crippen molar-refractivity contribution in [2.24, 2.45) is 0 Å². The van der Waals surface area contributed by atoms with Gasteiger partial charge in [-0.1, -0.05) is 18.2 Å². The molecule has 1 aromatic rings. The standard InChI is InChI=1S/C13H17N3O2/c1-14-7-6-10-4-2-3-5-11(10)16-8-12(17)15-13(18)9-16/h2-5,14H,6-9H2,1H3,(H,15,17,18). The monoisotopic (exact) mass is 247 g/mol. The molecule has 2 amide bonds. The molecule has 1 aliphatic heterocycles. The van der Waals surface area contributed by atoms with Crippen LogP contribution >= 0.6 is 0 Å². The quantitative estimate of drug-likeness (QED) is 0.730. The van der Waals surface area contributed by atoms with Crippen LogP contribution in [0.1, 0.15) is 5.56 Å². The van der Waals surface area contributed by atoms with Crippen LogP contribution in [-0.2, 0) is 16.0 Å². The molecule has 0 atom stereocenters. The van der Waals surface area contributed by atoms with Crippen molar-refractivity contribution in [3.8, 4) is 0 Å². The fourth-order valence-corrected chi connectivity index (χ4v) is 2.10. The van der Waals surface area contributed by atoms with E-state index in [-0.39, 0.29) is 24.9 Å². The zero-order valence-electron chi connectivity index (χ0n) is 10.4. The third-order valence-corrected chi connectivity index (χ3v) is 2.92. The molecule has 1 aromatic carbocycles. The van der Waals surface area contributed by atoms with Crippen molar-refractivity contribution in [1.82, 2.24) is 10.6 Å². The Bertz CT molecular complexity index is 443. The molecule has 5 heteroatoms. The molecule has 2 rings (SSSR count). The SMILES string of the molecule is CNCCc1ccccc1N1CC(=O)NC(=O)C1. The van der Waals surface area contributed by atoms with E-state index < -0.39 is 0 Å². The summed E-state index contributed by atoms with van der Waals surface area (Å²) in [5.41, 5.74) is 2.12. The Hall–Kier alpha value is -1.88. The number of imide groups is 1. The fraction of sp³-hybridized carbons (Fsp3) is 0.385. The van der Waals surface area contributed by atoms with Gasteiger partial charge in [0, 0.05) is 5.69 Å². The van der Waals surface area contributed by atoms with E-state index in [4.69, 9.17) is 0 Å². The number of piperazine rings is 1. The van der Waals surface area contributed by atoms with E-state index in [0.717, 1.165) is 24.2 Å².